The molecule has 2 aliphatic rings. The Bertz CT molecular complexity index is 470. The number of benzene rings is 1. The van der Waals surface area contributed by atoms with Crippen molar-refractivity contribution in [2.45, 2.75) is 45.4 Å². The van der Waals surface area contributed by atoms with Crippen LogP contribution in [0.25, 0.3) is 5.57 Å². The van der Waals surface area contributed by atoms with Gasteiger partial charge in [0, 0.05) is 5.69 Å². The van der Waals surface area contributed by atoms with Gasteiger partial charge >= 0.3 is 0 Å². The quantitative estimate of drug-likeness (QED) is 0.661. The molecule has 1 aromatic rings. The second-order valence-corrected chi connectivity index (χ2v) is 5.70. The van der Waals surface area contributed by atoms with E-state index in [4.69, 9.17) is 5.73 Å². The van der Waals surface area contributed by atoms with E-state index in [2.05, 4.69) is 25.1 Å². The lowest BCUT2D eigenvalue weighted by atomic mass is 9.83. The van der Waals surface area contributed by atoms with E-state index in [9.17, 15) is 0 Å². The third-order valence-electron chi connectivity index (χ3n) is 4.30. The fraction of sp³-hybridized carbons (Fsp3) is 0.500. The summed E-state index contributed by atoms with van der Waals surface area (Å²) in [4.78, 5) is 0. The molecule has 0 saturated heterocycles. The van der Waals surface area contributed by atoms with Crippen LogP contribution in [0.4, 0.5) is 5.69 Å². The number of anilines is 1. The highest BCUT2D eigenvalue weighted by Gasteiger charge is 2.22. The molecule has 0 amide bonds. The minimum Gasteiger partial charge on any atom is -0.399 e. The number of rotatable bonds is 0. The summed E-state index contributed by atoms with van der Waals surface area (Å²) in [5, 5.41) is 0. The molecule has 17 heavy (non-hydrogen) atoms. The van der Waals surface area contributed by atoms with Crippen molar-refractivity contribution in [2.75, 3.05) is 5.73 Å². The third-order valence-corrected chi connectivity index (χ3v) is 4.30. The molecule has 3 rings (SSSR count). The molecule has 0 aromatic heterocycles. The van der Waals surface area contributed by atoms with Crippen LogP contribution in [0.1, 0.15) is 50.2 Å². The monoisotopic (exact) mass is 227 g/mol. The van der Waals surface area contributed by atoms with Gasteiger partial charge in [-0.1, -0.05) is 25.0 Å². The fourth-order valence-electron chi connectivity index (χ4n) is 3.44. The zero-order valence-electron chi connectivity index (χ0n) is 10.6. The van der Waals surface area contributed by atoms with Crippen molar-refractivity contribution in [1.82, 2.24) is 0 Å². The number of allylic oxidation sites excluding steroid dienone is 2. The predicted octanol–water partition coefficient (Wildman–Crippen LogP) is 4.18. The zero-order chi connectivity index (χ0) is 11.8. The Labute approximate surface area is 104 Å². The van der Waals surface area contributed by atoms with E-state index >= 15 is 0 Å². The Morgan fingerprint density at radius 2 is 2.06 bits per heavy atom. The molecule has 1 nitrogen and oxygen atoms in total. The van der Waals surface area contributed by atoms with Gasteiger partial charge in [-0.15, -0.1) is 0 Å². The molecule has 1 heteroatoms. The Kier molecular flexibility index (Phi) is 2.70. The van der Waals surface area contributed by atoms with E-state index in [-0.39, 0.29) is 0 Å². The first-order valence-electron chi connectivity index (χ1n) is 6.83. The molecule has 1 aromatic carbocycles. The molecule has 0 heterocycles. The molecule has 1 atom stereocenters. The van der Waals surface area contributed by atoms with E-state index in [1.54, 1.807) is 11.1 Å². The summed E-state index contributed by atoms with van der Waals surface area (Å²) in [6, 6.07) is 6.45. The summed E-state index contributed by atoms with van der Waals surface area (Å²) in [5.74, 6) is 0.879. The van der Waals surface area contributed by atoms with E-state index in [1.807, 2.05) is 0 Å². The van der Waals surface area contributed by atoms with Crippen molar-refractivity contribution in [2.24, 2.45) is 5.92 Å². The maximum atomic E-state index is 5.86. The van der Waals surface area contributed by atoms with Crippen LogP contribution in [0.2, 0.25) is 0 Å². The van der Waals surface area contributed by atoms with Crippen LogP contribution in [0.3, 0.4) is 0 Å². The Balaban J connectivity index is 1.99. The number of hydrogen-bond donors (Lipinski definition) is 1. The van der Waals surface area contributed by atoms with E-state index in [0.29, 0.717) is 0 Å². The standard InChI is InChI=1S/C16H21N/c1-11-3-2-4-12(9-11)15-7-5-13-10-14(17)6-8-16(13)15/h6,8,10-11H,2-5,7,9,17H2,1H3/b15-12+. The normalized spacial score (nSPS) is 28.2. The Hall–Kier alpha value is -1.24. The van der Waals surface area contributed by atoms with Crippen LogP contribution in [0.15, 0.2) is 23.8 Å². The van der Waals surface area contributed by atoms with Crippen LogP contribution in [-0.2, 0) is 6.42 Å². The Morgan fingerprint density at radius 3 is 2.88 bits per heavy atom. The van der Waals surface area contributed by atoms with E-state index in [0.717, 1.165) is 11.6 Å². The van der Waals surface area contributed by atoms with Gasteiger partial charge in [0.25, 0.3) is 0 Å². The summed E-state index contributed by atoms with van der Waals surface area (Å²) in [7, 11) is 0. The van der Waals surface area contributed by atoms with Gasteiger partial charge in [0.2, 0.25) is 0 Å². The lowest BCUT2D eigenvalue weighted by molar-refractivity contribution is 0.453. The van der Waals surface area contributed by atoms with Crippen molar-refractivity contribution >= 4 is 11.3 Å². The smallest absolute Gasteiger partial charge is 0.0317 e. The summed E-state index contributed by atoms with van der Waals surface area (Å²) < 4.78 is 0. The molecule has 2 aliphatic carbocycles. The summed E-state index contributed by atoms with van der Waals surface area (Å²) in [6.45, 7) is 2.39. The molecule has 0 aliphatic heterocycles. The van der Waals surface area contributed by atoms with Crippen LogP contribution in [0.5, 0.6) is 0 Å². The van der Waals surface area contributed by atoms with E-state index in [1.165, 1.54) is 49.7 Å². The summed E-state index contributed by atoms with van der Waals surface area (Å²) >= 11 is 0. The number of fused-ring (bicyclic) bond motifs is 1. The molecule has 0 spiro atoms. The number of aryl methyl sites for hydroxylation is 1. The number of nitrogens with two attached hydrogens (primary N) is 1. The molecular formula is C16H21N. The first-order valence-corrected chi connectivity index (χ1v) is 6.83. The highest BCUT2D eigenvalue weighted by Crippen LogP contribution is 2.41. The van der Waals surface area contributed by atoms with Gasteiger partial charge in [-0.25, -0.2) is 0 Å². The molecule has 1 saturated carbocycles. The molecule has 0 radical (unpaired) electrons. The molecule has 1 unspecified atom stereocenters. The maximum absolute atomic E-state index is 5.86. The first kappa shape index (κ1) is 10.9. The highest BCUT2D eigenvalue weighted by molar-refractivity contribution is 5.76. The zero-order valence-corrected chi connectivity index (χ0v) is 10.6. The molecular weight excluding hydrogens is 206 g/mol. The van der Waals surface area contributed by atoms with Gasteiger partial charge < -0.3 is 5.73 Å². The van der Waals surface area contributed by atoms with Gasteiger partial charge in [-0.2, -0.15) is 0 Å². The topological polar surface area (TPSA) is 26.0 Å². The van der Waals surface area contributed by atoms with Crippen molar-refractivity contribution in [3.8, 4) is 0 Å². The van der Waals surface area contributed by atoms with Gasteiger partial charge in [-0.3, -0.25) is 0 Å². The first-order chi connectivity index (χ1) is 8.24. The van der Waals surface area contributed by atoms with Crippen LogP contribution >= 0.6 is 0 Å². The molecule has 90 valence electrons. The van der Waals surface area contributed by atoms with Gasteiger partial charge in [0.15, 0.2) is 0 Å². The van der Waals surface area contributed by atoms with Gasteiger partial charge in [0.1, 0.15) is 0 Å². The van der Waals surface area contributed by atoms with Crippen LogP contribution in [-0.4, -0.2) is 0 Å². The number of nitrogen functional groups attached to an aromatic ring is 1. The SMILES string of the molecule is CC1CCC/C(=C2/CCc3cc(N)ccc32)C1. The lowest BCUT2D eigenvalue weighted by Crippen LogP contribution is -2.06. The fourth-order valence-corrected chi connectivity index (χ4v) is 3.44. The number of hydrogen-bond acceptors (Lipinski definition) is 1. The van der Waals surface area contributed by atoms with Crippen molar-refractivity contribution < 1.29 is 0 Å². The summed E-state index contributed by atoms with van der Waals surface area (Å²) in [6.07, 6.45) is 7.85. The minimum atomic E-state index is 0.879. The maximum Gasteiger partial charge on any atom is 0.0317 e. The van der Waals surface area contributed by atoms with Crippen molar-refractivity contribution in [3.63, 3.8) is 0 Å². The van der Waals surface area contributed by atoms with Crippen molar-refractivity contribution in [3.05, 3.63) is 34.9 Å². The third kappa shape index (κ3) is 1.99. The van der Waals surface area contributed by atoms with Crippen LogP contribution in [0, 0.1) is 5.92 Å². The second kappa shape index (κ2) is 4.21. The predicted molar refractivity (Wildman–Crippen MR) is 73.7 cm³/mol. The van der Waals surface area contributed by atoms with E-state index < -0.39 is 0 Å². The van der Waals surface area contributed by atoms with Gasteiger partial charge in [0.05, 0.1) is 0 Å². The Morgan fingerprint density at radius 1 is 1.18 bits per heavy atom. The van der Waals surface area contributed by atoms with Crippen LogP contribution < -0.4 is 5.73 Å². The largest absolute Gasteiger partial charge is 0.399 e. The minimum absolute atomic E-state index is 0.879. The van der Waals surface area contributed by atoms with Crippen molar-refractivity contribution in [1.29, 1.82) is 0 Å². The summed E-state index contributed by atoms with van der Waals surface area (Å²) in [5.41, 5.74) is 13.1. The molecule has 1 fully saturated rings. The van der Waals surface area contributed by atoms with Gasteiger partial charge in [-0.05, 0) is 66.9 Å². The second-order valence-electron chi connectivity index (χ2n) is 5.70. The lowest BCUT2D eigenvalue weighted by Gasteiger charge is -2.23. The molecule has 0 bridgehead atoms. The average molecular weight is 227 g/mol. The highest BCUT2D eigenvalue weighted by atomic mass is 14.5. The average Bonchev–Trinajstić information content (AvgIpc) is 2.71. The molecule has 2 N–H and O–H groups in total.